The zero-order valence-electron chi connectivity index (χ0n) is 13.0. The van der Waals surface area contributed by atoms with Gasteiger partial charge in [0.2, 0.25) is 5.91 Å². The first-order chi connectivity index (χ1) is 11.6. The summed E-state index contributed by atoms with van der Waals surface area (Å²) in [6.07, 6.45) is 0. The largest absolute Gasteiger partial charge is 0.497 e. The Morgan fingerprint density at radius 3 is 2.21 bits per heavy atom. The van der Waals surface area contributed by atoms with Gasteiger partial charge in [0.1, 0.15) is 11.5 Å². The number of amides is 2. The highest BCUT2D eigenvalue weighted by molar-refractivity contribution is 9.10. The van der Waals surface area contributed by atoms with Crippen LogP contribution >= 0.6 is 15.9 Å². The Kier molecular flexibility index (Phi) is 6.62. The van der Waals surface area contributed by atoms with Gasteiger partial charge in [-0.05, 0) is 48.5 Å². The minimum Gasteiger partial charge on any atom is -0.497 e. The van der Waals surface area contributed by atoms with Crippen molar-refractivity contribution >= 4 is 33.4 Å². The minimum atomic E-state index is -0.378. The summed E-state index contributed by atoms with van der Waals surface area (Å²) in [6, 6.07) is 14.0. The third-order valence-corrected chi connectivity index (χ3v) is 3.53. The maximum Gasteiger partial charge on any atom is 0.258 e. The molecule has 2 N–H and O–H groups in total. The van der Waals surface area contributed by atoms with Gasteiger partial charge in [0.25, 0.3) is 5.91 Å². The molecule has 0 aromatic heterocycles. The Bertz CT molecular complexity index is 687. The molecule has 2 amide bonds. The van der Waals surface area contributed by atoms with Crippen LogP contribution in [0.4, 0.5) is 5.69 Å². The summed E-state index contributed by atoms with van der Waals surface area (Å²) < 4.78 is 11.3. The van der Waals surface area contributed by atoms with Gasteiger partial charge in [-0.2, -0.15) is 0 Å². The number of nitrogens with one attached hydrogen (secondary N) is 2. The van der Waals surface area contributed by atoms with Crippen molar-refractivity contribution in [1.82, 2.24) is 5.32 Å². The zero-order valence-corrected chi connectivity index (χ0v) is 14.6. The number of carbonyl (C=O) groups is 2. The van der Waals surface area contributed by atoms with E-state index < -0.39 is 0 Å². The molecule has 0 fully saturated rings. The molecule has 6 nitrogen and oxygen atoms in total. The second kappa shape index (κ2) is 8.93. The van der Waals surface area contributed by atoms with Gasteiger partial charge < -0.3 is 20.1 Å². The maximum atomic E-state index is 11.8. The summed E-state index contributed by atoms with van der Waals surface area (Å²) in [5.41, 5.74) is 0.659. The van der Waals surface area contributed by atoms with E-state index in [9.17, 15) is 9.59 Å². The van der Waals surface area contributed by atoms with Crippen LogP contribution in [0.2, 0.25) is 0 Å². The first-order valence-corrected chi connectivity index (χ1v) is 7.95. The summed E-state index contributed by atoms with van der Waals surface area (Å²) in [7, 11) is 1.57. The molecule has 2 rings (SSSR count). The fourth-order valence-corrected chi connectivity index (χ4v) is 2.05. The van der Waals surface area contributed by atoms with E-state index in [2.05, 4.69) is 26.6 Å². The molecule has 0 aliphatic carbocycles. The molecule has 0 saturated carbocycles. The zero-order chi connectivity index (χ0) is 17.4. The average Bonchev–Trinajstić information content (AvgIpc) is 2.60. The number of ether oxygens (including phenoxy) is 2. The van der Waals surface area contributed by atoms with Crippen molar-refractivity contribution in [3.8, 4) is 11.5 Å². The summed E-state index contributed by atoms with van der Waals surface area (Å²) in [6.45, 7) is -0.293. The first kappa shape index (κ1) is 17.8. The van der Waals surface area contributed by atoms with Gasteiger partial charge in [-0.1, -0.05) is 15.9 Å². The van der Waals surface area contributed by atoms with E-state index in [1.54, 1.807) is 43.5 Å². The monoisotopic (exact) mass is 392 g/mol. The molecule has 126 valence electrons. The Balaban J connectivity index is 1.70. The second-order valence-electron chi connectivity index (χ2n) is 4.80. The lowest BCUT2D eigenvalue weighted by Crippen LogP contribution is -2.35. The van der Waals surface area contributed by atoms with E-state index in [4.69, 9.17) is 9.47 Å². The Labute approximate surface area is 148 Å². The van der Waals surface area contributed by atoms with Crippen molar-refractivity contribution in [2.24, 2.45) is 0 Å². The normalized spacial score (nSPS) is 9.92. The van der Waals surface area contributed by atoms with Crippen molar-refractivity contribution in [2.45, 2.75) is 0 Å². The van der Waals surface area contributed by atoms with E-state index in [1.165, 1.54) is 0 Å². The third kappa shape index (κ3) is 5.92. The molecule has 0 aliphatic rings. The van der Waals surface area contributed by atoms with E-state index in [1.807, 2.05) is 12.1 Å². The number of rotatable bonds is 7. The summed E-state index contributed by atoms with van der Waals surface area (Å²) in [5.74, 6) is 0.563. The number of carbonyl (C=O) groups excluding carboxylic acids is 2. The van der Waals surface area contributed by atoms with Crippen LogP contribution in [0.1, 0.15) is 0 Å². The lowest BCUT2D eigenvalue weighted by molar-refractivity contribution is -0.125. The molecule has 0 atom stereocenters. The smallest absolute Gasteiger partial charge is 0.258 e. The average molecular weight is 393 g/mol. The molecular formula is C17H17BrN2O4. The van der Waals surface area contributed by atoms with Gasteiger partial charge in [-0.3, -0.25) is 9.59 Å². The van der Waals surface area contributed by atoms with E-state index >= 15 is 0 Å². The highest BCUT2D eigenvalue weighted by atomic mass is 79.9. The molecule has 2 aromatic carbocycles. The fourth-order valence-electron chi connectivity index (χ4n) is 1.79. The number of halogens is 1. The molecule has 0 radical (unpaired) electrons. The lowest BCUT2D eigenvalue weighted by atomic mass is 10.3. The van der Waals surface area contributed by atoms with Crippen molar-refractivity contribution in [2.75, 3.05) is 25.6 Å². The highest BCUT2D eigenvalue weighted by Crippen LogP contribution is 2.16. The molecule has 0 heterocycles. The van der Waals surface area contributed by atoms with Crippen LogP contribution in [-0.2, 0) is 9.59 Å². The predicted molar refractivity (Wildman–Crippen MR) is 94.3 cm³/mol. The number of hydrogen-bond donors (Lipinski definition) is 2. The van der Waals surface area contributed by atoms with Crippen molar-refractivity contribution in [1.29, 1.82) is 0 Å². The maximum absolute atomic E-state index is 11.8. The van der Waals surface area contributed by atoms with Gasteiger partial charge in [-0.15, -0.1) is 0 Å². The van der Waals surface area contributed by atoms with E-state index in [-0.39, 0.29) is 25.0 Å². The van der Waals surface area contributed by atoms with Gasteiger partial charge in [-0.25, -0.2) is 0 Å². The van der Waals surface area contributed by atoms with Crippen LogP contribution in [0, 0.1) is 0 Å². The van der Waals surface area contributed by atoms with Crippen molar-refractivity contribution in [3.05, 3.63) is 53.0 Å². The van der Waals surface area contributed by atoms with Gasteiger partial charge in [0.05, 0.1) is 13.7 Å². The molecule has 0 saturated heterocycles. The van der Waals surface area contributed by atoms with Crippen LogP contribution in [0.5, 0.6) is 11.5 Å². The Hall–Kier alpha value is -2.54. The molecule has 2 aromatic rings. The molecule has 7 heteroatoms. The van der Waals surface area contributed by atoms with Crippen LogP contribution in [0.3, 0.4) is 0 Å². The standard InChI is InChI=1S/C17H17BrN2O4/c1-23-14-6-8-15(9-7-14)24-11-17(22)19-10-16(21)20-13-4-2-12(18)3-5-13/h2-9H,10-11H2,1H3,(H,19,22)(H,20,21). The second-order valence-corrected chi connectivity index (χ2v) is 5.71. The van der Waals surface area contributed by atoms with Crippen LogP contribution < -0.4 is 20.1 Å². The highest BCUT2D eigenvalue weighted by Gasteiger charge is 2.07. The third-order valence-electron chi connectivity index (χ3n) is 3.00. The molecule has 0 unspecified atom stereocenters. The predicted octanol–water partition coefficient (Wildman–Crippen LogP) is 2.59. The van der Waals surface area contributed by atoms with Crippen molar-refractivity contribution < 1.29 is 19.1 Å². The van der Waals surface area contributed by atoms with Crippen LogP contribution in [-0.4, -0.2) is 32.1 Å². The topological polar surface area (TPSA) is 76.7 Å². The van der Waals surface area contributed by atoms with E-state index in [0.717, 1.165) is 4.47 Å². The molecule has 0 aliphatic heterocycles. The molecule has 24 heavy (non-hydrogen) atoms. The van der Waals surface area contributed by atoms with Gasteiger partial charge in [0, 0.05) is 10.2 Å². The molecule has 0 spiro atoms. The number of benzene rings is 2. The SMILES string of the molecule is COc1ccc(OCC(=O)NCC(=O)Nc2ccc(Br)cc2)cc1. The lowest BCUT2D eigenvalue weighted by Gasteiger charge is -2.09. The number of hydrogen-bond acceptors (Lipinski definition) is 4. The molecular weight excluding hydrogens is 376 g/mol. The van der Waals surface area contributed by atoms with Gasteiger partial charge >= 0.3 is 0 Å². The summed E-state index contributed by atoms with van der Waals surface area (Å²) in [4.78, 5) is 23.4. The van der Waals surface area contributed by atoms with Gasteiger partial charge in [0.15, 0.2) is 6.61 Å². The van der Waals surface area contributed by atoms with Crippen LogP contribution in [0.15, 0.2) is 53.0 Å². The summed E-state index contributed by atoms with van der Waals surface area (Å²) >= 11 is 3.32. The Morgan fingerprint density at radius 1 is 0.958 bits per heavy atom. The van der Waals surface area contributed by atoms with Crippen LogP contribution in [0.25, 0.3) is 0 Å². The Morgan fingerprint density at radius 2 is 1.58 bits per heavy atom. The minimum absolute atomic E-state index is 0.124. The number of methoxy groups -OCH3 is 1. The number of anilines is 1. The first-order valence-electron chi connectivity index (χ1n) is 7.16. The fraction of sp³-hybridized carbons (Fsp3) is 0.176. The quantitative estimate of drug-likeness (QED) is 0.758. The van der Waals surface area contributed by atoms with Crippen molar-refractivity contribution in [3.63, 3.8) is 0 Å². The van der Waals surface area contributed by atoms with E-state index in [0.29, 0.717) is 17.2 Å². The molecule has 0 bridgehead atoms. The summed E-state index contributed by atoms with van der Waals surface area (Å²) in [5, 5.41) is 5.18.